The number of nitrogens with one attached hydrogen (secondary N) is 1. The van der Waals surface area contributed by atoms with Gasteiger partial charge in [0.15, 0.2) is 0 Å². The molecule has 1 aromatic carbocycles. The Morgan fingerprint density at radius 2 is 2.26 bits per heavy atom. The number of nitrogens with zero attached hydrogens (tertiary/aromatic N) is 1. The van der Waals surface area contributed by atoms with Gasteiger partial charge in [0.2, 0.25) is 0 Å². The monoisotopic (exact) mass is 394 g/mol. The lowest BCUT2D eigenvalue weighted by molar-refractivity contribution is -0.384. The number of hydrogen-bond donors (Lipinski definition) is 1. The molecule has 7 heteroatoms. The van der Waals surface area contributed by atoms with Crippen molar-refractivity contribution in [2.45, 2.75) is 13.3 Å². The van der Waals surface area contributed by atoms with E-state index in [9.17, 15) is 14.9 Å². The Balaban J connectivity index is 2.61. The van der Waals surface area contributed by atoms with Gasteiger partial charge in [0.1, 0.15) is 0 Å². The fourth-order valence-corrected chi connectivity index (χ4v) is 2.63. The summed E-state index contributed by atoms with van der Waals surface area (Å²) in [4.78, 5) is 22.1. The minimum absolute atomic E-state index is 0.0629. The predicted molar refractivity (Wildman–Crippen MR) is 85.8 cm³/mol. The second kappa shape index (κ2) is 8.36. The first-order valence-electron chi connectivity index (χ1n) is 5.86. The van der Waals surface area contributed by atoms with Crippen LogP contribution in [0.1, 0.15) is 23.7 Å². The largest absolute Gasteiger partial charge is 0.352 e. The van der Waals surface area contributed by atoms with Crippen LogP contribution in [0, 0.1) is 13.7 Å². The number of nitro groups is 1. The quantitative estimate of drug-likeness (QED) is 0.334. The van der Waals surface area contributed by atoms with Crippen LogP contribution in [0.3, 0.4) is 0 Å². The molecule has 0 aliphatic heterocycles. The lowest BCUT2D eigenvalue weighted by Gasteiger charge is -2.06. The molecule has 0 saturated carbocycles. The summed E-state index contributed by atoms with van der Waals surface area (Å²) in [6.45, 7) is 2.68. The molecular weight excluding hydrogens is 379 g/mol. The summed E-state index contributed by atoms with van der Waals surface area (Å²) < 4.78 is 0.712. The molecule has 104 valence electrons. The van der Waals surface area contributed by atoms with Crippen molar-refractivity contribution in [2.75, 3.05) is 18.1 Å². The average molecular weight is 394 g/mol. The maximum absolute atomic E-state index is 11.9. The fraction of sp³-hybridized carbons (Fsp3) is 0.417. The van der Waals surface area contributed by atoms with Gasteiger partial charge in [0, 0.05) is 22.2 Å². The normalized spacial score (nSPS) is 10.2. The molecule has 1 N–H and O–H groups in total. The number of rotatable bonds is 7. The van der Waals surface area contributed by atoms with Gasteiger partial charge in [-0.1, -0.05) is 6.92 Å². The zero-order chi connectivity index (χ0) is 14.3. The number of carbonyl (C=O) groups is 1. The minimum atomic E-state index is -0.495. The summed E-state index contributed by atoms with van der Waals surface area (Å²) in [6, 6.07) is 4.30. The average Bonchev–Trinajstić information content (AvgIpc) is 2.38. The first kappa shape index (κ1) is 16.2. The number of benzene rings is 1. The van der Waals surface area contributed by atoms with E-state index in [1.165, 1.54) is 12.1 Å². The van der Waals surface area contributed by atoms with Crippen LogP contribution in [0.15, 0.2) is 18.2 Å². The highest BCUT2D eigenvalue weighted by Gasteiger charge is 2.14. The summed E-state index contributed by atoms with van der Waals surface area (Å²) in [5.74, 6) is 1.81. The van der Waals surface area contributed by atoms with E-state index in [2.05, 4.69) is 12.2 Å². The summed E-state index contributed by atoms with van der Waals surface area (Å²) in [7, 11) is 0. The van der Waals surface area contributed by atoms with Gasteiger partial charge in [-0.05, 0) is 46.6 Å². The van der Waals surface area contributed by atoms with Crippen LogP contribution in [-0.2, 0) is 0 Å². The first-order chi connectivity index (χ1) is 9.06. The first-order valence-corrected chi connectivity index (χ1v) is 8.09. The molecule has 0 unspecified atom stereocenters. The van der Waals surface area contributed by atoms with Gasteiger partial charge >= 0.3 is 0 Å². The molecule has 0 saturated heterocycles. The van der Waals surface area contributed by atoms with Crippen molar-refractivity contribution in [3.8, 4) is 0 Å². The van der Waals surface area contributed by atoms with E-state index < -0.39 is 4.92 Å². The van der Waals surface area contributed by atoms with Gasteiger partial charge in [-0.3, -0.25) is 14.9 Å². The zero-order valence-electron chi connectivity index (χ0n) is 10.5. The molecule has 0 fully saturated rings. The highest BCUT2D eigenvalue weighted by molar-refractivity contribution is 14.1. The Morgan fingerprint density at radius 3 is 2.89 bits per heavy atom. The lowest BCUT2D eigenvalue weighted by atomic mass is 10.2. The third-order valence-electron chi connectivity index (χ3n) is 2.36. The van der Waals surface area contributed by atoms with Crippen LogP contribution in [0.25, 0.3) is 0 Å². The Kier molecular flexibility index (Phi) is 7.14. The van der Waals surface area contributed by atoms with Gasteiger partial charge in [-0.25, -0.2) is 0 Å². The van der Waals surface area contributed by atoms with Crippen molar-refractivity contribution in [1.82, 2.24) is 5.32 Å². The molecule has 0 aliphatic rings. The van der Waals surface area contributed by atoms with Gasteiger partial charge in [0.05, 0.1) is 10.5 Å². The molecule has 0 spiro atoms. The molecule has 1 amide bonds. The number of halogens is 1. The van der Waals surface area contributed by atoms with Crippen molar-refractivity contribution in [3.63, 3.8) is 0 Å². The Hall–Kier alpha value is -0.830. The van der Waals surface area contributed by atoms with E-state index in [0.717, 1.165) is 17.9 Å². The topological polar surface area (TPSA) is 72.2 Å². The van der Waals surface area contributed by atoms with Gasteiger partial charge in [-0.2, -0.15) is 11.8 Å². The summed E-state index contributed by atoms with van der Waals surface area (Å²) in [5, 5.41) is 13.5. The van der Waals surface area contributed by atoms with Crippen molar-refractivity contribution in [1.29, 1.82) is 0 Å². The number of hydrogen-bond acceptors (Lipinski definition) is 4. The molecule has 0 bridgehead atoms. The van der Waals surface area contributed by atoms with Crippen molar-refractivity contribution in [3.05, 3.63) is 37.4 Å². The lowest BCUT2D eigenvalue weighted by Crippen LogP contribution is -2.25. The molecule has 0 aromatic heterocycles. The molecule has 0 aliphatic carbocycles. The number of carbonyl (C=O) groups excluding carboxylic acids is 1. The maximum atomic E-state index is 11.9. The van der Waals surface area contributed by atoms with Gasteiger partial charge < -0.3 is 5.32 Å². The summed E-state index contributed by atoms with van der Waals surface area (Å²) >= 11 is 3.83. The van der Waals surface area contributed by atoms with E-state index in [1.807, 2.05) is 34.4 Å². The Morgan fingerprint density at radius 1 is 1.53 bits per heavy atom. The third kappa shape index (κ3) is 5.35. The predicted octanol–water partition coefficient (Wildman–Crippen LogP) is 3.07. The maximum Gasteiger partial charge on any atom is 0.270 e. The van der Waals surface area contributed by atoms with E-state index in [0.29, 0.717) is 15.7 Å². The molecule has 0 atom stereocenters. The minimum Gasteiger partial charge on any atom is -0.352 e. The molecule has 1 rings (SSSR count). The molecule has 0 radical (unpaired) electrons. The zero-order valence-corrected chi connectivity index (χ0v) is 13.5. The number of thioether (sulfide) groups is 1. The van der Waals surface area contributed by atoms with Gasteiger partial charge in [-0.15, -0.1) is 0 Å². The summed E-state index contributed by atoms with van der Waals surface area (Å²) in [6.07, 6.45) is 0.899. The SMILES string of the molecule is CCSCCCNC(=O)c1cc([N+](=O)[O-])ccc1I. The van der Waals surface area contributed by atoms with Crippen molar-refractivity contribution in [2.24, 2.45) is 0 Å². The van der Waals surface area contributed by atoms with Crippen LogP contribution in [-0.4, -0.2) is 28.9 Å². The standard InChI is InChI=1S/C12H15IN2O3S/c1-2-19-7-3-6-14-12(16)10-8-9(15(17)18)4-5-11(10)13/h4-5,8H,2-3,6-7H2,1H3,(H,14,16). The molecule has 1 aromatic rings. The van der Waals surface area contributed by atoms with E-state index in [4.69, 9.17) is 0 Å². The highest BCUT2D eigenvalue weighted by atomic mass is 127. The smallest absolute Gasteiger partial charge is 0.270 e. The van der Waals surface area contributed by atoms with Crippen molar-refractivity contribution >= 4 is 45.9 Å². The number of nitro benzene ring substituents is 1. The highest BCUT2D eigenvalue weighted by Crippen LogP contribution is 2.19. The molecular formula is C12H15IN2O3S. The second-order valence-electron chi connectivity index (χ2n) is 3.73. The van der Waals surface area contributed by atoms with E-state index in [1.54, 1.807) is 6.07 Å². The van der Waals surface area contributed by atoms with Crippen LogP contribution in [0.5, 0.6) is 0 Å². The summed E-state index contributed by atoms with van der Waals surface area (Å²) in [5.41, 5.74) is 0.296. The molecule has 0 heterocycles. The van der Waals surface area contributed by atoms with Crippen LogP contribution < -0.4 is 5.32 Å². The van der Waals surface area contributed by atoms with E-state index in [-0.39, 0.29) is 11.6 Å². The number of amides is 1. The second-order valence-corrected chi connectivity index (χ2v) is 6.28. The van der Waals surface area contributed by atoms with E-state index >= 15 is 0 Å². The number of non-ortho nitro benzene ring substituents is 1. The third-order valence-corrected chi connectivity index (χ3v) is 4.29. The molecule has 19 heavy (non-hydrogen) atoms. The molecule has 5 nitrogen and oxygen atoms in total. The Labute approximate surface area is 129 Å². The van der Waals surface area contributed by atoms with Crippen LogP contribution >= 0.6 is 34.4 Å². The van der Waals surface area contributed by atoms with Crippen molar-refractivity contribution < 1.29 is 9.72 Å². The van der Waals surface area contributed by atoms with Crippen LogP contribution in [0.2, 0.25) is 0 Å². The van der Waals surface area contributed by atoms with Gasteiger partial charge in [0.25, 0.3) is 11.6 Å². The Bertz CT molecular complexity index is 468. The van der Waals surface area contributed by atoms with Crippen LogP contribution in [0.4, 0.5) is 5.69 Å². The fourth-order valence-electron chi connectivity index (χ4n) is 1.42.